The topological polar surface area (TPSA) is 95.6 Å². The van der Waals surface area contributed by atoms with E-state index in [0.29, 0.717) is 11.4 Å². The molecule has 2 aromatic heterocycles. The Morgan fingerprint density at radius 3 is 2.55 bits per heavy atom. The first-order valence-corrected chi connectivity index (χ1v) is 10.5. The summed E-state index contributed by atoms with van der Waals surface area (Å²) < 4.78 is 18.0. The van der Waals surface area contributed by atoms with Crippen LogP contribution in [0.1, 0.15) is 39.2 Å². The molecule has 2 heterocycles. The molecule has 0 radical (unpaired) electrons. The summed E-state index contributed by atoms with van der Waals surface area (Å²) in [4.78, 5) is 25.3. The highest BCUT2D eigenvalue weighted by Gasteiger charge is 2.23. The van der Waals surface area contributed by atoms with Gasteiger partial charge in [0.15, 0.2) is 11.6 Å². The van der Waals surface area contributed by atoms with Gasteiger partial charge in [0, 0.05) is 0 Å². The van der Waals surface area contributed by atoms with Crippen molar-refractivity contribution >= 4 is 17.7 Å². The Hall–Kier alpha value is -4.33. The smallest absolute Gasteiger partial charge is 0.343 e. The van der Waals surface area contributed by atoms with Crippen molar-refractivity contribution in [2.45, 2.75) is 20.5 Å². The molecule has 0 saturated carbocycles. The van der Waals surface area contributed by atoms with E-state index < -0.39 is 11.9 Å². The zero-order valence-electron chi connectivity index (χ0n) is 18.3. The van der Waals surface area contributed by atoms with Crippen LogP contribution in [0.15, 0.2) is 77.3 Å². The number of amides is 1. The lowest BCUT2D eigenvalue weighted by atomic mass is 10.2. The molecule has 8 nitrogen and oxygen atoms in total. The molecule has 0 saturated heterocycles. The number of aromatic nitrogens is 2. The molecule has 1 N–H and O–H groups in total. The molecule has 168 valence electrons. The molecule has 33 heavy (non-hydrogen) atoms. The molecule has 1 amide bonds. The van der Waals surface area contributed by atoms with Gasteiger partial charge in [-0.2, -0.15) is 5.10 Å². The number of rotatable bonds is 8. The molecule has 4 rings (SSSR count). The largest absolute Gasteiger partial charge is 0.485 e. The second-order valence-electron chi connectivity index (χ2n) is 7.15. The number of hydrogen-bond acceptors (Lipinski definition) is 6. The summed E-state index contributed by atoms with van der Waals surface area (Å²) in [5.41, 5.74) is 1.82. The van der Waals surface area contributed by atoms with Crippen molar-refractivity contribution < 1.29 is 23.5 Å². The number of benzene rings is 2. The van der Waals surface area contributed by atoms with Crippen molar-refractivity contribution in [1.29, 1.82) is 0 Å². The van der Waals surface area contributed by atoms with Crippen LogP contribution in [0.25, 0.3) is 5.69 Å². The number of anilines is 1. The SMILES string of the molecule is CCOC(=O)c1cnn(-c2ccccc2)c1NC(=O)c1ccc(COc2ccccc2C)o1. The van der Waals surface area contributed by atoms with Gasteiger partial charge in [0.2, 0.25) is 0 Å². The summed E-state index contributed by atoms with van der Waals surface area (Å²) in [7, 11) is 0. The van der Waals surface area contributed by atoms with Crippen LogP contribution in [0, 0.1) is 6.92 Å². The molecule has 2 aromatic carbocycles. The summed E-state index contributed by atoms with van der Waals surface area (Å²) >= 11 is 0. The van der Waals surface area contributed by atoms with Gasteiger partial charge in [0.1, 0.15) is 23.7 Å². The van der Waals surface area contributed by atoms with Crippen molar-refractivity contribution in [2.75, 3.05) is 11.9 Å². The molecule has 0 aliphatic carbocycles. The van der Waals surface area contributed by atoms with Crippen LogP contribution < -0.4 is 10.1 Å². The van der Waals surface area contributed by atoms with Crippen LogP contribution in [0.2, 0.25) is 0 Å². The van der Waals surface area contributed by atoms with Crippen LogP contribution in [0.3, 0.4) is 0 Å². The van der Waals surface area contributed by atoms with E-state index in [1.807, 2.05) is 61.5 Å². The minimum atomic E-state index is -0.582. The number of aryl methyl sites for hydroxylation is 1. The third-order valence-electron chi connectivity index (χ3n) is 4.85. The summed E-state index contributed by atoms with van der Waals surface area (Å²) in [6, 6.07) is 20.0. The van der Waals surface area contributed by atoms with Crippen LogP contribution in [0.5, 0.6) is 5.75 Å². The second kappa shape index (κ2) is 9.86. The highest BCUT2D eigenvalue weighted by Crippen LogP contribution is 2.23. The Balaban J connectivity index is 1.54. The molecule has 0 atom stereocenters. The zero-order valence-corrected chi connectivity index (χ0v) is 18.3. The van der Waals surface area contributed by atoms with Gasteiger partial charge < -0.3 is 19.2 Å². The maximum absolute atomic E-state index is 12.9. The third kappa shape index (κ3) is 4.95. The number of carbonyl (C=O) groups excluding carboxylic acids is 2. The molecule has 4 aromatic rings. The zero-order chi connectivity index (χ0) is 23.2. The summed E-state index contributed by atoms with van der Waals surface area (Å²) in [6.45, 7) is 4.04. The van der Waals surface area contributed by atoms with E-state index in [4.69, 9.17) is 13.9 Å². The fourth-order valence-electron chi connectivity index (χ4n) is 3.21. The molecule has 0 aliphatic heterocycles. The minimum Gasteiger partial charge on any atom is -0.485 e. The van der Waals surface area contributed by atoms with Gasteiger partial charge in [-0.15, -0.1) is 0 Å². The molecule has 8 heteroatoms. The molecule has 0 fully saturated rings. The van der Waals surface area contributed by atoms with Crippen molar-refractivity contribution in [1.82, 2.24) is 9.78 Å². The predicted octanol–water partition coefficient (Wildman–Crippen LogP) is 4.78. The van der Waals surface area contributed by atoms with Gasteiger partial charge in [0.25, 0.3) is 5.91 Å². The fourth-order valence-corrected chi connectivity index (χ4v) is 3.21. The van der Waals surface area contributed by atoms with Gasteiger partial charge >= 0.3 is 5.97 Å². The molecular formula is C25H23N3O5. The van der Waals surface area contributed by atoms with Gasteiger partial charge in [-0.1, -0.05) is 36.4 Å². The first-order valence-electron chi connectivity index (χ1n) is 10.5. The number of para-hydroxylation sites is 2. The molecule has 0 unspecified atom stereocenters. The van der Waals surface area contributed by atoms with E-state index >= 15 is 0 Å². The molecule has 0 spiro atoms. The van der Waals surface area contributed by atoms with Crippen LogP contribution in [0.4, 0.5) is 5.82 Å². The van der Waals surface area contributed by atoms with Crippen LogP contribution in [-0.2, 0) is 11.3 Å². The van der Waals surface area contributed by atoms with Crippen molar-refractivity contribution in [3.63, 3.8) is 0 Å². The van der Waals surface area contributed by atoms with Gasteiger partial charge in [-0.25, -0.2) is 9.48 Å². The maximum atomic E-state index is 12.9. The Morgan fingerprint density at radius 2 is 1.79 bits per heavy atom. The van der Waals surface area contributed by atoms with Crippen LogP contribution >= 0.6 is 0 Å². The Kier molecular flexibility index (Phi) is 6.54. The molecule has 0 aliphatic rings. The van der Waals surface area contributed by atoms with E-state index in [1.54, 1.807) is 19.1 Å². The monoisotopic (exact) mass is 445 g/mol. The number of nitrogens with zero attached hydrogens (tertiary/aromatic N) is 2. The van der Waals surface area contributed by atoms with Crippen LogP contribution in [-0.4, -0.2) is 28.3 Å². The lowest BCUT2D eigenvalue weighted by Gasteiger charge is -2.10. The van der Waals surface area contributed by atoms with Gasteiger partial charge in [-0.05, 0) is 49.7 Å². The summed E-state index contributed by atoms with van der Waals surface area (Å²) in [6.07, 6.45) is 1.37. The average molecular weight is 445 g/mol. The van der Waals surface area contributed by atoms with Gasteiger partial charge in [0.05, 0.1) is 18.5 Å². The number of furan rings is 1. The minimum absolute atomic E-state index is 0.0778. The van der Waals surface area contributed by atoms with Crippen molar-refractivity contribution in [3.8, 4) is 11.4 Å². The first kappa shape index (κ1) is 21.9. The summed E-state index contributed by atoms with van der Waals surface area (Å²) in [5, 5.41) is 7.00. The second-order valence-corrected chi connectivity index (χ2v) is 7.15. The van der Waals surface area contributed by atoms with E-state index in [0.717, 1.165) is 11.3 Å². The average Bonchev–Trinajstić information content (AvgIpc) is 3.47. The molecular weight excluding hydrogens is 422 g/mol. The normalized spacial score (nSPS) is 10.6. The van der Waals surface area contributed by atoms with E-state index in [9.17, 15) is 9.59 Å². The number of nitrogens with one attached hydrogen (secondary N) is 1. The predicted molar refractivity (Wildman–Crippen MR) is 122 cm³/mol. The van der Waals surface area contributed by atoms with E-state index in [2.05, 4.69) is 10.4 Å². The third-order valence-corrected chi connectivity index (χ3v) is 4.85. The summed E-state index contributed by atoms with van der Waals surface area (Å²) in [5.74, 6) is 0.395. The Bertz CT molecular complexity index is 1260. The van der Waals surface area contributed by atoms with Crippen molar-refractivity contribution in [2.24, 2.45) is 0 Å². The Labute approximate surface area is 190 Å². The quantitative estimate of drug-likeness (QED) is 0.392. The van der Waals surface area contributed by atoms with Gasteiger partial charge in [-0.3, -0.25) is 4.79 Å². The lowest BCUT2D eigenvalue weighted by Crippen LogP contribution is -2.17. The fraction of sp³-hybridized carbons (Fsp3) is 0.160. The Morgan fingerprint density at radius 1 is 1.03 bits per heavy atom. The standard InChI is InChI=1S/C25H23N3O5/c1-3-31-25(30)20-15-26-28(18-10-5-4-6-11-18)23(20)27-24(29)22-14-13-19(33-22)16-32-21-12-8-7-9-17(21)2/h4-15H,3,16H2,1-2H3,(H,27,29). The molecule has 0 bridgehead atoms. The van der Waals surface area contributed by atoms with E-state index in [-0.39, 0.29) is 30.4 Å². The lowest BCUT2D eigenvalue weighted by molar-refractivity contribution is 0.0527. The van der Waals surface area contributed by atoms with E-state index in [1.165, 1.54) is 10.9 Å². The van der Waals surface area contributed by atoms with Crippen molar-refractivity contribution in [3.05, 3.63) is 95.6 Å². The highest BCUT2D eigenvalue weighted by atomic mass is 16.5. The highest BCUT2D eigenvalue weighted by molar-refractivity contribution is 6.06. The number of ether oxygens (including phenoxy) is 2. The number of carbonyl (C=O) groups is 2. The number of esters is 1. The first-order chi connectivity index (χ1) is 16.1. The number of hydrogen-bond donors (Lipinski definition) is 1. The maximum Gasteiger partial charge on any atom is 0.343 e.